The fourth-order valence-corrected chi connectivity index (χ4v) is 11.6. The van der Waals surface area contributed by atoms with Gasteiger partial charge in [0.25, 0.3) is 0 Å². The number of aliphatic imine (C=N–C) groups is 2. The van der Waals surface area contributed by atoms with Crippen molar-refractivity contribution in [3.63, 3.8) is 0 Å². The molecule has 0 spiro atoms. The van der Waals surface area contributed by atoms with Crippen molar-refractivity contribution in [1.29, 1.82) is 0 Å². The second kappa shape index (κ2) is 13.7. The van der Waals surface area contributed by atoms with E-state index in [1.165, 1.54) is 85.1 Å². The molecule has 14 rings (SSSR count). The van der Waals surface area contributed by atoms with Gasteiger partial charge >= 0.3 is 0 Å². The Labute approximate surface area is 371 Å². The number of fused-ring (bicyclic) bond motifs is 13. The zero-order valence-corrected chi connectivity index (χ0v) is 35.3. The molecule has 5 heteroatoms. The average Bonchev–Trinajstić information content (AvgIpc) is 3.90. The quantitative estimate of drug-likeness (QED) is 0.176. The van der Waals surface area contributed by atoms with E-state index in [9.17, 15) is 0 Å². The molecule has 0 bridgehead atoms. The van der Waals surface area contributed by atoms with Gasteiger partial charge in [0.15, 0.2) is 5.84 Å². The Morgan fingerprint density at radius 3 is 1.89 bits per heavy atom. The number of nitrogens with zero attached hydrogens (tertiary/aromatic N) is 3. The van der Waals surface area contributed by atoms with Gasteiger partial charge in [0.1, 0.15) is 12.0 Å². The Balaban J connectivity index is 1.05. The van der Waals surface area contributed by atoms with Crippen molar-refractivity contribution in [2.24, 2.45) is 9.98 Å². The van der Waals surface area contributed by atoms with E-state index < -0.39 is 6.17 Å². The third kappa shape index (κ3) is 5.35. The van der Waals surface area contributed by atoms with Gasteiger partial charge in [0, 0.05) is 53.1 Å². The molecule has 1 N–H and O–H groups in total. The first-order chi connectivity index (χ1) is 31.7. The lowest BCUT2D eigenvalue weighted by atomic mass is 9.98. The highest BCUT2D eigenvalue weighted by Crippen LogP contribution is 2.43. The molecule has 3 heterocycles. The molecule has 1 unspecified atom stereocenters. The van der Waals surface area contributed by atoms with E-state index >= 15 is 0 Å². The van der Waals surface area contributed by atoms with Crippen molar-refractivity contribution in [3.8, 4) is 5.69 Å². The van der Waals surface area contributed by atoms with Crippen LogP contribution in [0.25, 0.3) is 102 Å². The van der Waals surface area contributed by atoms with Crippen LogP contribution in [-0.4, -0.2) is 16.2 Å². The van der Waals surface area contributed by atoms with Crippen molar-refractivity contribution in [2.45, 2.75) is 6.17 Å². The summed E-state index contributed by atoms with van der Waals surface area (Å²) in [5.74, 6) is 1.51. The molecule has 4 nitrogen and oxygen atoms in total. The summed E-state index contributed by atoms with van der Waals surface area (Å²) in [4.78, 5) is 11.1. The summed E-state index contributed by atoms with van der Waals surface area (Å²) in [6.45, 7) is 0. The summed E-state index contributed by atoms with van der Waals surface area (Å²) in [7, 11) is 0. The van der Waals surface area contributed by atoms with Crippen molar-refractivity contribution >= 4 is 119 Å². The number of rotatable bonds is 4. The number of hydrogen-bond donors (Lipinski definition) is 1. The van der Waals surface area contributed by atoms with Gasteiger partial charge in [-0.1, -0.05) is 170 Å². The molecule has 0 fully saturated rings. The molecule has 11 aromatic carbocycles. The van der Waals surface area contributed by atoms with Gasteiger partial charge in [-0.3, -0.25) is 0 Å². The minimum Gasteiger partial charge on any atom is -0.344 e. The van der Waals surface area contributed by atoms with Gasteiger partial charge in [-0.25, -0.2) is 9.98 Å². The Bertz CT molecular complexity index is 4180. The van der Waals surface area contributed by atoms with Gasteiger partial charge in [-0.15, -0.1) is 11.3 Å². The number of benzene rings is 11. The first-order valence-electron chi connectivity index (χ1n) is 21.8. The van der Waals surface area contributed by atoms with Crippen LogP contribution in [0.2, 0.25) is 0 Å². The van der Waals surface area contributed by atoms with Crippen LogP contribution in [0, 0.1) is 0 Å². The van der Waals surface area contributed by atoms with Crippen LogP contribution in [-0.2, 0) is 0 Å². The maximum Gasteiger partial charge on any atom is 0.160 e. The number of hydrogen-bond acceptors (Lipinski definition) is 4. The first-order valence-corrected chi connectivity index (χ1v) is 22.7. The molecule has 1 aliphatic heterocycles. The lowest BCUT2D eigenvalue weighted by Gasteiger charge is -2.25. The molecular weight excluding hydrogens is 797 g/mol. The summed E-state index contributed by atoms with van der Waals surface area (Å²) in [6, 6.07) is 75.2. The molecule has 0 amide bonds. The van der Waals surface area contributed by atoms with Crippen LogP contribution in [0.1, 0.15) is 22.9 Å². The Kier molecular flexibility index (Phi) is 7.59. The van der Waals surface area contributed by atoms with Crippen LogP contribution < -0.4 is 5.32 Å². The van der Waals surface area contributed by atoms with E-state index in [1.54, 1.807) is 0 Å². The van der Waals surface area contributed by atoms with Crippen molar-refractivity contribution in [3.05, 3.63) is 223 Å². The largest absolute Gasteiger partial charge is 0.344 e. The molecule has 64 heavy (non-hydrogen) atoms. The molecule has 0 aliphatic carbocycles. The van der Waals surface area contributed by atoms with Gasteiger partial charge in [-0.05, 0) is 90.4 Å². The van der Waals surface area contributed by atoms with E-state index in [1.807, 2.05) is 11.3 Å². The van der Waals surface area contributed by atoms with Crippen LogP contribution in [0.4, 0.5) is 0 Å². The lowest BCUT2D eigenvalue weighted by molar-refractivity contribution is 0.675. The zero-order valence-electron chi connectivity index (χ0n) is 34.5. The maximum atomic E-state index is 5.58. The SMILES string of the molecule is c1ccc2cc3c(cc2c1)c1ccc2ccccc2c1n3-c1cc(C2=NC(c3cccc4ccccc34)=NC(c3ccc4c(ccc5ccccc54)c3)N2)c2c(c1)sc1ccccc12. The second-order valence-electron chi connectivity index (χ2n) is 17.0. The van der Waals surface area contributed by atoms with Crippen LogP contribution in [0.15, 0.2) is 216 Å². The second-order valence-corrected chi connectivity index (χ2v) is 18.0. The molecule has 0 saturated heterocycles. The van der Waals surface area contributed by atoms with Crippen molar-refractivity contribution in [2.75, 3.05) is 0 Å². The Morgan fingerprint density at radius 1 is 0.422 bits per heavy atom. The number of thiophene rings is 1. The lowest BCUT2D eigenvalue weighted by Crippen LogP contribution is -2.33. The van der Waals surface area contributed by atoms with Crippen LogP contribution >= 0.6 is 11.3 Å². The highest BCUT2D eigenvalue weighted by atomic mass is 32.1. The topological polar surface area (TPSA) is 41.7 Å². The molecule has 13 aromatic rings. The highest BCUT2D eigenvalue weighted by molar-refractivity contribution is 7.26. The monoisotopic (exact) mass is 832 g/mol. The van der Waals surface area contributed by atoms with Gasteiger partial charge in [-0.2, -0.15) is 0 Å². The van der Waals surface area contributed by atoms with Gasteiger partial charge in [0.05, 0.1) is 11.0 Å². The van der Waals surface area contributed by atoms with E-state index in [0.717, 1.165) is 39.0 Å². The van der Waals surface area contributed by atoms with E-state index in [2.05, 4.69) is 216 Å². The van der Waals surface area contributed by atoms with Crippen LogP contribution in [0.5, 0.6) is 0 Å². The number of amidine groups is 2. The fraction of sp³-hybridized carbons (Fsp3) is 0.0169. The third-order valence-corrected chi connectivity index (χ3v) is 14.5. The molecule has 298 valence electrons. The molecule has 1 atom stereocenters. The summed E-state index contributed by atoms with van der Waals surface area (Å²) in [5, 5.41) is 20.9. The van der Waals surface area contributed by atoms with E-state index in [4.69, 9.17) is 9.98 Å². The summed E-state index contributed by atoms with van der Waals surface area (Å²) in [6.07, 6.45) is -0.399. The third-order valence-electron chi connectivity index (χ3n) is 13.4. The average molecular weight is 833 g/mol. The van der Waals surface area contributed by atoms with Crippen LogP contribution in [0.3, 0.4) is 0 Å². The van der Waals surface area contributed by atoms with Gasteiger partial charge in [0.2, 0.25) is 0 Å². The summed E-state index contributed by atoms with van der Waals surface area (Å²) >= 11 is 1.84. The predicted molar refractivity (Wildman–Crippen MR) is 273 cm³/mol. The molecule has 0 saturated carbocycles. The van der Waals surface area contributed by atoms with E-state index in [-0.39, 0.29) is 0 Å². The zero-order chi connectivity index (χ0) is 41.9. The summed E-state index contributed by atoms with van der Waals surface area (Å²) in [5.41, 5.74) is 6.61. The Morgan fingerprint density at radius 2 is 1.05 bits per heavy atom. The fourth-order valence-electron chi connectivity index (χ4n) is 10.4. The van der Waals surface area contributed by atoms with Crippen molar-refractivity contribution in [1.82, 2.24) is 9.88 Å². The number of aromatic nitrogens is 1. The van der Waals surface area contributed by atoms with E-state index in [0.29, 0.717) is 5.84 Å². The standard InChI is InChI=1S/C59H36N4S/c1-2-16-39-32-52-50(31-38(39)15-1)47-29-26-37-14-5-8-20-46(37)56(47)63(52)42-33-51(55-49-21-9-10-23-53(49)64-54(55)34-42)59-61-57(60-58(62-59)48-22-11-17-35-12-3-7-19-44(35)48)41-27-28-45-40(30-41)25-24-36-13-4-6-18-43(36)45/h1-34,57H,(H,60,61,62). The normalized spacial score (nSPS) is 14.4. The minimum absolute atomic E-state index is 0.399. The Hall–Kier alpha value is -8.12. The number of nitrogens with one attached hydrogen (secondary N) is 1. The molecular formula is C59H36N4S. The highest BCUT2D eigenvalue weighted by Gasteiger charge is 2.26. The molecule has 1 aliphatic rings. The summed E-state index contributed by atoms with van der Waals surface area (Å²) < 4.78 is 4.95. The van der Waals surface area contributed by atoms with Crippen molar-refractivity contribution < 1.29 is 0 Å². The minimum atomic E-state index is -0.399. The maximum absolute atomic E-state index is 5.58. The molecule has 2 aromatic heterocycles. The first kappa shape index (κ1) is 35.5. The predicted octanol–water partition coefficient (Wildman–Crippen LogP) is 15.4. The van der Waals surface area contributed by atoms with Gasteiger partial charge < -0.3 is 9.88 Å². The molecule has 0 radical (unpaired) electrons. The smallest absolute Gasteiger partial charge is 0.160 e.